The fourth-order valence-electron chi connectivity index (χ4n) is 2.22. The number of nitrogens with one attached hydrogen (secondary N) is 1. The van der Waals surface area contributed by atoms with Crippen LogP contribution in [0.15, 0.2) is 24.5 Å². The Morgan fingerprint density at radius 3 is 2.60 bits per heavy atom. The molecule has 1 saturated heterocycles. The van der Waals surface area contributed by atoms with Crippen LogP contribution in [0.3, 0.4) is 0 Å². The largest absolute Gasteiger partial charge is 0.466 e. The molecule has 0 bridgehead atoms. The molecule has 0 unspecified atom stereocenters. The number of hydrogen-bond donors (Lipinski definition) is 1. The molecule has 1 fully saturated rings. The summed E-state index contributed by atoms with van der Waals surface area (Å²) in [5.74, 6) is -0.235. The highest BCUT2D eigenvalue weighted by atomic mass is 16.5. The van der Waals surface area contributed by atoms with Crippen LogP contribution >= 0.6 is 0 Å². The van der Waals surface area contributed by atoms with Gasteiger partial charge in [0.15, 0.2) is 0 Å². The highest BCUT2D eigenvalue weighted by Crippen LogP contribution is 2.19. The molecule has 1 N–H and O–H groups in total. The number of nitrogens with zero attached hydrogens (tertiary/aromatic N) is 2. The average Bonchev–Trinajstić information content (AvgIpc) is 2.48. The van der Waals surface area contributed by atoms with Gasteiger partial charge in [0.2, 0.25) is 0 Å². The minimum Gasteiger partial charge on any atom is -0.466 e. The molecule has 20 heavy (non-hydrogen) atoms. The third kappa shape index (κ3) is 3.69. The summed E-state index contributed by atoms with van der Waals surface area (Å²) in [6.45, 7) is 3.34. The van der Waals surface area contributed by atoms with E-state index in [1.165, 1.54) is 0 Å². The van der Waals surface area contributed by atoms with Crippen molar-refractivity contribution >= 4 is 17.7 Å². The quantitative estimate of drug-likeness (QED) is 0.856. The van der Waals surface area contributed by atoms with Gasteiger partial charge in [-0.3, -0.25) is 9.78 Å². The van der Waals surface area contributed by atoms with E-state index >= 15 is 0 Å². The second-order valence-electron chi connectivity index (χ2n) is 4.68. The Bertz CT molecular complexity index is 456. The standard InChI is InChI=1S/C14H19N3O3/c1-2-20-13(18)11-5-9-17(10-6-11)14(19)16-12-3-7-15-8-4-12/h3-4,7-8,11H,2,5-6,9-10H2,1H3,(H,15,16,19). The Kier molecular flexibility index (Phi) is 4.92. The molecular formula is C14H19N3O3. The molecule has 6 nitrogen and oxygen atoms in total. The summed E-state index contributed by atoms with van der Waals surface area (Å²) in [7, 11) is 0. The number of aromatic nitrogens is 1. The fourth-order valence-corrected chi connectivity index (χ4v) is 2.22. The first kappa shape index (κ1) is 14.3. The van der Waals surface area contributed by atoms with Gasteiger partial charge >= 0.3 is 12.0 Å². The van der Waals surface area contributed by atoms with Crippen LogP contribution in [0, 0.1) is 5.92 Å². The van der Waals surface area contributed by atoms with Crippen molar-refractivity contribution in [2.75, 3.05) is 25.0 Å². The van der Waals surface area contributed by atoms with Crippen molar-refractivity contribution in [3.05, 3.63) is 24.5 Å². The molecule has 1 aliphatic rings. The number of urea groups is 1. The predicted molar refractivity (Wildman–Crippen MR) is 74.2 cm³/mol. The monoisotopic (exact) mass is 277 g/mol. The molecule has 0 spiro atoms. The van der Waals surface area contributed by atoms with Gasteiger partial charge in [0.25, 0.3) is 0 Å². The van der Waals surface area contributed by atoms with E-state index in [0.29, 0.717) is 32.5 Å². The zero-order valence-electron chi connectivity index (χ0n) is 11.5. The van der Waals surface area contributed by atoms with Crippen molar-refractivity contribution in [3.63, 3.8) is 0 Å². The number of carbonyl (C=O) groups is 2. The minimum atomic E-state index is -0.151. The van der Waals surface area contributed by atoms with Crippen molar-refractivity contribution in [3.8, 4) is 0 Å². The van der Waals surface area contributed by atoms with Crippen molar-refractivity contribution in [1.82, 2.24) is 9.88 Å². The number of carbonyl (C=O) groups excluding carboxylic acids is 2. The molecule has 2 amide bonds. The predicted octanol–water partition coefficient (Wildman–Crippen LogP) is 1.89. The summed E-state index contributed by atoms with van der Waals surface area (Å²) >= 11 is 0. The third-order valence-corrected chi connectivity index (χ3v) is 3.33. The van der Waals surface area contributed by atoms with Crippen LogP contribution in [0.4, 0.5) is 10.5 Å². The first-order valence-electron chi connectivity index (χ1n) is 6.83. The molecule has 2 heterocycles. The van der Waals surface area contributed by atoms with E-state index in [1.54, 1.807) is 36.4 Å². The Hall–Kier alpha value is -2.11. The smallest absolute Gasteiger partial charge is 0.321 e. The Labute approximate surface area is 118 Å². The normalized spacial score (nSPS) is 15.8. The highest BCUT2D eigenvalue weighted by molar-refractivity contribution is 5.89. The van der Waals surface area contributed by atoms with Gasteiger partial charge in [-0.1, -0.05) is 0 Å². The lowest BCUT2D eigenvalue weighted by molar-refractivity contribution is -0.149. The SMILES string of the molecule is CCOC(=O)C1CCN(C(=O)Nc2ccncc2)CC1. The summed E-state index contributed by atoms with van der Waals surface area (Å²) in [6.07, 6.45) is 4.57. The number of anilines is 1. The van der Waals surface area contributed by atoms with E-state index in [2.05, 4.69) is 10.3 Å². The van der Waals surface area contributed by atoms with Crippen LogP contribution in [0.1, 0.15) is 19.8 Å². The molecular weight excluding hydrogens is 258 g/mol. The van der Waals surface area contributed by atoms with E-state index in [1.807, 2.05) is 0 Å². The highest BCUT2D eigenvalue weighted by Gasteiger charge is 2.28. The number of ether oxygens (including phenoxy) is 1. The van der Waals surface area contributed by atoms with Crippen molar-refractivity contribution < 1.29 is 14.3 Å². The lowest BCUT2D eigenvalue weighted by atomic mass is 9.97. The van der Waals surface area contributed by atoms with E-state index in [-0.39, 0.29) is 17.9 Å². The average molecular weight is 277 g/mol. The Balaban J connectivity index is 1.81. The van der Waals surface area contributed by atoms with Gasteiger partial charge < -0.3 is 15.0 Å². The molecule has 0 atom stereocenters. The minimum absolute atomic E-state index is 0.0834. The first-order valence-corrected chi connectivity index (χ1v) is 6.83. The number of rotatable bonds is 3. The fraction of sp³-hybridized carbons (Fsp3) is 0.500. The van der Waals surface area contributed by atoms with E-state index in [0.717, 1.165) is 5.69 Å². The van der Waals surface area contributed by atoms with Gasteiger partial charge in [0.05, 0.1) is 12.5 Å². The molecule has 6 heteroatoms. The number of hydrogen-bond acceptors (Lipinski definition) is 4. The number of pyridine rings is 1. The van der Waals surface area contributed by atoms with Crippen LogP contribution < -0.4 is 5.32 Å². The zero-order valence-corrected chi connectivity index (χ0v) is 11.5. The molecule has 0 aliphatic carbocycles. The molecule has 1 aliphatic heterocycles. The molecule has 0 saturated carbocycles. The van der Waals surface area contributed by atoms with Gasteiger partial charge in [-0.15, -0.1) is 0 Å². The maximum absolute atomic E-state index is 12.0. The zero-order chi connectivity index (χ0) is 14.4. The molecule has 108 valence electrons. The first-order chi connectivity index (χ1) is 9.70. The summed E-state index contributed by atoms with van der Waals surface area (Å²) < 4.78 is 5.01. The Morgan fingerprint density at radius 2 is 2.00 bits per heavy atom. The molecule has 1 aromatic rings. The van der Waals surface area contributed by atoms with Gasteiger partial charge in [0, 0.05) is 31.2 Å². The van der Waals surface area contributed by atoms with Crippen LogP contribution in [-0.4, -0.2) is 41.6 Å². The number of likely N-dealkylation sites (tertiary alicyclic amines) is 1. The summed E-state index contributed by atoms with van der Waals surface area (Å²) in [5.41, 5.74) is 0.720. The molecule has 0 radical (unpaired) electrons. The maximum atomic E-state index is 12.0. The molecule has 1 aromatic heterocycles. The third-order valence-electron chi connectivity index (χ3n) is 3.33. The lowest BCUT2D eigenvalue weighted by Crippen LogP contribution is -2.42. The number of esters is 1. The van der Waals surface area contributed by atoms with E-state index in [4.69, 9.17) is 4.74 Å². The molecule has 0 aromatic carbocycles. The van der Waals surface area contributed by atoms with E-state index < -0.39 is 0 Å². The van der Waals surface area contributed by atoms with E-state index in [9.17, 15) is 9.59 Å². The molecule has 2 rings (SSSR count). The second kappa shape index (κ2) is 6.88. The van der Waals surface area contributed by atoms with Gasteiger partial charge in [0.1, 0.15) is 0 Å². The number of piperidine rings is 1. The summed E-state index contributed by atoms with van der Waals surface area (Å²) in [6, 6.07) is 3.34. The van der Waals surface area contributed by atoms with Crippen LogP contribution in [0.2, 0.25) is 0 Å². The number of amides is 2. The van der Waals surface area contributed by atoms with Crippen LogP contribution in [0.25, 0.3) is 0 Å². The lowest BCUT2D eigenvalue weighted by Gasteiger charge is -2.30. The van der Waals surface area contributed by atoms with Gasteiger partial charge in [-0.05, 0) is 31.9 Å². The summed E-state index contributed by atoms with van der Waals surface area (Å²) in [5, 5.41) is 2.81. The van der Waals surface area contributed by atoms with Crippen LogP contribution in [0.5, 0.6) is 0 Å². The van der Waals surface area contributed by atoms with Crippen molar-refractivity contribution in [1.29, 1.82) is 0 Å². The van der Waals surface area contributed by atoms with Crippen molar-refractivity contribution in [2.45, 2.75) is 19.8 Å². The second-order valence-corrected chi connectivity index (χ2v) is 4.68. The maximum Gasteiger partial charge on any atom is 0.321 e. The van der Waals surface area contributed by atoms with Crippen LogP contribution in [-0.2, 0) is 9.53 Å². The summed E-state index contributed by atoms with van der Waals surface area (Å²) in [4.78, 5) is 29.3. The van der Waals surface area contributed by atoms with Gasteiger partial charge in [-0.25, -0.2) is 4.79 Å². The topological polar surface area (TPSA) is 71.5 Å². The Morgan fingerprint density at radius 1 is 1.35 bits per heavy atom. The van der Waals surface area contributed by atoms with Gasteiger partial charge in [-0.2, -0.15) is 0 Å². The van der Waals surface area contributed by atoms with Crippen molar-refractivity contribution in [2.24, 2.45) is 5.92 Å².